The molecule has 9 nitrogen and oxygen atoms in total. The van der Waals surface area contributed by atoms with Crippen LogP contribution in [-0.2, 0) is 17.1 Å². The molecule has 158 valence electrons. The van der Waals surface area contributed by atoms with E-state index in [-0.39, 0.29) is 5.03 Å². The molecule has 30 heavy (non-hydrogen) atoms. The fraction of sp³-hybridized carbons (Fsp3) is 0.450. The number of nitrogens with zero attached hydrogens (tertiary/aromatic N) is 6. The van der Waals surface area contributed by atoms with E-state index in [1.165, 1.54) is 36.0 Å². The molecule has 2 aliphatic rings. The first-order valence-electron chi connectivity index (χ1n) is 10.1. The van der Waals surface area contributed by atoms with E-state index in [1.54, 1.807) is 11.6 Å². The van der Waals surface area contributed by atoms with E-state index in [4.69, 9.17) is 4.74 Å². The minimum Gasteiger partial charge on any atom is -0.477 e. The van der Waals surface area contributed by atoms with Gasteiger partial charge < -0.3 is 14.2 Å². The number of imidazole rings is 1. The Bertz CT molecular complexity index is 1170. The molecule has 0 radical (unpaired) electrons. The molecule has 1 aliphatic carbocycles. The first-order chi connectivity index (χ1) is 14.5. The predicted octanol–water partition coefficient (Wildman–Crippen LogP) is 1.66. The number of aromatic nitrogens is 4. The predicted molar refractivity (Wildman–Crippen MR) is 112 cm³/mol. The molecule has 3 aromatic rings. The van der Waals surface area contributed by atoms with Gasteiger partial charge in [0.05, 0.1) is 23.8 Å². The van der Waals surface area contributed by atoms with Crippen molar-refractivity contribution >= 4 is 26.6 Å². The normalized spacial score (nSPS) is 18.1. The number of fused-ring (bicyclic) bond motifs is 1. The van der Waals surface area contributed by atoms with Crippen LogP contribution in [0.2, 0.25) is 0 Å². The maximum Gasteiger partial charge on any atom is 0.262 e. The summed E-state index contributed by atoms with van der Waals surface area (Å²) in [6, 6.07) is 6.02. The number of sulfonamides is 1. The molecular weight excluding hydrogens is 404 g/mol. The van der Waals surface area contributed by atoms with Crippen molar-refractivity contribution in [1.29, 1.82) is 0 Å². The van der Waals surface area contributed by atoms with Gasteiger partial charge in [0.2, 0.25) is 5.88 Å². The minimum atomic E-state index is -3.56. The van der Waals surface area contributed by atoms with E-state index in [0.717, 1.165) is 16.6 Å². The lowest BCUT2D eigenvalue weighted by molar-refractivity contribution is 0.292. The third-order valence-electron chi connectivity index (χ3n) is 5.62. The highest BCUT2D eigenvalue weighted by Crippen LogP contribution is 2.32. The summed E-state index contributed by atoms with van der Waals surface area (Å²) in [5, 5.41) is 0.984. The fourth-order valence-electron chi connectivity index (χ4n) is 3.65. The number of rotatable bonds is 6. The highest BCUT2D eigenvalue weighted by molar-refractivity contribution is 7.89. The topological polar surface area (TPSA) is 93.5 Å². The number of hydrogen-bond acceptors (Lipinski definition) is 7. The Kier molecular flexibility index (Phi) is 4.82. The zero-order chi connectivity index (χ0) is 20.7. The Balaban J connectivity index is 1.32. The van der Waals surface area contributed by atoms with Crippen molar-refractivity contribution in [2.24, 2.45) is 13.0 Å². The van der Waals surface area contributed by atoms with Crippen LogP contribution in [0.3, 0.4) is 0 Å². The van der Waals surface area contributed by atoms with Crippen molar-refractivity contribution in [3.8, 4) is 5.88 Å². The van der Waals surface area contributed by atoms with Crippen molar-refractivity contribution in [3.05, 3.63) is 37.1 Å². The fourth-order valence-corrected chi connectivity index (χ4v) is 5.04. The summed E-state index contributed by atoms with van der Waals surface area (Å²) in [5.41, 5.74) is 1.86. The van der Waals surface area contributed by atoms with Gasteiger partial charge in [0.25, 0.3) is 10.0 Å². The first kappa shape index (κ1) is 19.3. The number of hydrogen-bond donors (Lipinski definition) is 0. The lowest BCUT2D eigenvalue weighted by Gasteiger charge is -2.35. The lowest BCUT2D eigenvalue weighted by atomic mass is 10.2. The Labute approximate surface area is 175 Å². The monoisotopic (exact) mass is 428 g/mol. The van der Waals surface area contributed by atoms with E-state index >= 15 is 0 Å². The average Bonchev–Trinajstić information content (AvgIpc) is 3.49. The van der Waals surface area contributed by atoms with Gasteiger partial charge in [-0.15, -0.1) is 0 Å². The number of aryl methyl sites for hydroxylation is 1. The van der Waals surface area contributed by atoms with Gasteiger partial charge in [-0.1, -0.05) is 0 Å². The second-order valence-corrected chi connectivity index (χ2v) is 9.79. The maximum atomic E-state index is 12.8. The van der Waals surface area contributed by atoms with Crippen LogP contribution in [0.1, 0.15) is 12.8 Å². The summed E-state index contributed by atoms with van der Waals surface area (Å²) in [4.78, 5) is 14.9. The van der Waals surface area contributed by atoms with Crippen LogP contribution in [-0.4, -0.2) is 65.0 Å². The van der Waals surface area contributed by atoms with E-state index in [9.17, 15) is 8.42 Å². The molecule has 0 amide bonds. The summed E-state index contributed by atoms with van der Waals surface area (Å²) < 4.78 is 34.7. The lowest BCUT2D eigenvalue weighted by Crippen LogP contribution is -2.48. The third-order valence-corrected chi connectivity index (χ3v) is 7.41. The van der Waals surface area contributed by atoms with E-state index in [1.807, 2.05) is 18.2 Å². The smallest absolute Gasteiger partial charge is 0.262 e. The molecule has 1 aromatic carbocycles. The van der Waals surface area contributed by atoms with Crippen LogP contribution in [0, 0.1) is 5.92 Å². The van der Waals surface area contributed by atoms with Gasteiger partial charge in [0, 0.05) is 45.1 Å². The number of ether oxygens (including phenoxy) is 1. The average molecular weight is 429 g/mol. The highest BCUT2D eigenvalue weighted by atomic mass is 32.2. The quantitative estimate of drug-likeness (QED) is 0.589. The van der Waals surface area contributed by atoms with Gasteiger partial charge in [-0.2, -0.15) is 4.31 Å². The Morgan fingerprint density at radius 2 is 1.90 bits per heavy atom. The standard InChI is InChI=1S/C20H24N6O3S/c1-24-11-19(23-14-24)30(27,28)26-8-6-25(7-9-26)16-4-5-18-17(10-16)20(22-13-21-18)29-12-15-2-3-15/h4-5,10-11,13-15H,2-3,6-9,12H2,1H3. The highest BCUT2D eigenvalue weighted by Gasteiger charge is 2.30. The molecule has 1 saturated heterocycles. The van der Waals surface area contributed by atoms with Crippen molar-refractivity contribution in [1.82, 2.24) is 23.8 Å². The first-order valence-corrected chi connectivity index (χ1v) is 11.6. The van der Waals surface area contributed by atoms with Crippen molar-refractivity contribution in [2.45, 2.75) is 17.9 Å². The molecule has 2 aromatic heterocycles. The SMILES string of the molecule is Cn1cnc(S(=O)(=O)N2CCN(c3ccc4ncnc(OCC5CC5)c4c3)CC2)c1. The van der Waals surface area contributed by atoms with Crippen LogP contribution in [0.4, 0.5) is 5.69 Å². The zero-order valence-corrected chi connectivity index (χ0v) is 17.6. The Hall–Kier alpha value is -2.72. The molecule has 0 N–H and O–H groups in total. The summed E-state index contributed by atoms with van der Waals surface area (Å²) >= 11 is 0. The Morgan fingerprint density at radius 3 is 2.60 bits per heavy atom. The number of anilines is 1. The maximum absolute atomic E-state index is 12.8. The van der Waals surface area contributed by atoms with Gasteiger partial charge in [-0.05, 0) is 37.0 Å². The molecule has 0 unspecified atom stereocenters. The largest absolute Gasteiger partial charge is 0.477 e. The van der Waals surface area contributed by atoms with Crippen molar-refractivity contribution in [3.63, 3.8) is 0 Å². The summed E-state index contributed by atoms with van der Waals surface area (Å²) in [5.74, 6) is 1.26. The summed E-state index contributed by atoms with van der Waals surface area (Å²) in [7, 11) is -1.80. The van der Waals surface area contributed by atoms with Crippen LogP contribution in [0.25, 0.3) is 10.9 Å². The molecule has 0 atom stereocenters. The zero-order valence-electron chi connectivity index (χ0n) is 16.8. The van der Waals surface area contributed by atoms with E-state index in [2.05, 4.69) is 19.9 Å². The second kappa shape index (κ2) is 7.51. The molecule has 1 aliphatic heterocycles. The van der Waals surface area contributed by atoms with Gasteiger partial charge in [0.1, 0.15) is 6.33 Å². The Morgan fingerprint density at radius 1 is 1.10 bits per heavy atom. The molecule has 0 bridgehead atoms. The number of benzene rings is 1. The van der Waals surface area contributed by atoms with Gasteiger partial charge in [0.15, 0.2) is 5.03 Å². The third kappa shape index (κ3) is 3.72. The number of piperazine rings is 1. The van der Waals surface area contributed by atoms with Gasteiger partial charge >= 0.3 is 0 Å². The van der Waals surface area contributed by atoms with E-state index in [0.29, 0.717) is 44.6 Å². The molecule has 0 spiro atoms. The van der Waals surface area contributed by atoms with E-state index < -0.39 is 10.0 Å². The molecule has 3 heterocycles. The molecule has 5 rings (SSSR count). The van der Waals surface area contributed by atoms with Gasteiger partial charge in [-0.25, -0.2) is 23.4 Å². The van der Waals surface area contributed by atoms with Gasteiger partial charge in [-0.3, -0.25) is 0 Å². The summed E-state index contributed by atoms with van der Waals surface area (Å²) in [6.07, 6.45) is 7.02. The van der Waals surface area contributed by atoms with Crippen LogP contribution < -0.4 is 9.64 Å². The van der Waals surface area contributed by atoms with Crippen LogP contribution in [0.5, 0.6) is 5.88 Å². The van der Waals surface area contributed by atoms with Crippen molar-refractivity contribution < 1.29 is 13.2 Å². The molecular formula is C20H24N6O3S. The molecule has 2 fully saturated rings. The second-order valence-electron chi connectivity index (χ2n) is 7.90. The minimum absolute atomic E-state index is 0.0961. The van der Waals surface area contributed by atoms with Crippen molar-refractivity contribution in [2.75, 3.05) is 37.7 Å². The van der Waals surface area contributed by atoms with Crippen LogP contribution in [0.15, 0.2) is 42.1 Å². The summed E-state index contributed by atoms with van der Waals surface area (Å²) in [6.45, 7) is 2.72. The molecule has 10 heteroatoms. The van der Waals surface area contributed by atoms with Crippen LogP contribution >= 0.6 is 0 Å². The molecule has 1 saturated carbocycles.